The van der Waals surface area contributed by atoms with E-state index in [9.17, 15) is 14.4 Å². The number of aromatic nitrogens is 1. The van der Waals surface area contributed by atoms with Crippen molar-refractivity contribution in [2.45, 2.75) is 38.4 Å². The van der Waals surface area contributed by atoms with Crippen LogP contribution in [0.1, 0.15) is 35.9 Å². The third-order valence-electron chi connectivity index (χ3n) is 5.71. The van der Waals surface area contributed by atoms with Crippen LogP contribution in [-0.4, -0.2) is 47.7 Å². The van der Waals surface area contributed by atoms with E-state index in [4.69, 9.17) is 0 Å². The molecule has 8 nitrogen and oxygen atoms in total. The molecule has 9 heteroatoms. The number of likely N-dealkylation sites (N-methyl/N-ethyl adjacent to an activating group) is 1. The zero-order chi connectivity index (χ0) is 24.8. The lowest BCUT2D eigenvalue weighted by atomic mass is 10.0. The van der Waals surface area contributed by atoms with E-state index in [1.165, 1.54) is 9.78 Å². The Morgan fingerprint density at radius 1 is 1.11 bits per heavy atom. The van der Waals surface area contributed by atoms with Gasteiger partial charge in [-0.3, -0.25) is 19.4 Å². The predicted octanol–water partition coefficient (Wildman–Crippen LogP) is 2.93. The number of carbonyl (C=O) groups excluding carboxylic acids is 3. The van der Waals surface area contributed by atoms with Crippen molar-refractivity contribution >= 4 is 40.5 Å². The first-order chi connectivity index (χ1) is 16.9. The molecule has 1 unspecified atom stereocenters. The topological polar surface area (TPSA) is 104 Å². The predicted molar refractivity (Wildman–Crippen MR) is 137 cm³/mol. The summed E-state index contributed by atoms with van der Waals surface area (Å²) in [5.74, 6) is -1.08. The maximum atomic E-state index is 13.2. The summed E-state index contributed by atoms with van der Waals surface area (Å²) in [5, 5.41) is 7.42. The Balaban J connectivity index is 1.46. The van der Waals surface area contributed by atoms with Gasteiger partial charge >= 0.3 is 0 Å². The van der Waals surface area contributed by atoms with Crippen LogP contribution in [0.25, 0.3) is 0 Å². The highest BCUT2D eigenvalue weighted by Crippen LogP contribution is 2.26. The monoisotopic (exact) mass is 489 g/mol. The first-order valence-corrected chi connectivity index (χ1v) is 12.3. The van der Waals surface area contributed by atoms with Crippen LogP contribution >= 0.6 is 11.3 Å². The van der Waals surface area contributed by atoms with Crippen LogP contribution in [0.4, 0.5) is 5.69 Å². The first-order valence-electron chi connectivity index (χ1n) is 11.4. The highest BCUT2D eigenvalue weighted by Gasteiger charge is 2.32. The lowest BCUT2D eigenvalue weighted by molar-refractivity contribution is -0.130. The van der Waals surface area contributed by atoms with Gasteiger partial charge in [0.15, 0.2) is 0 Å². The van der Waals surface area contributed by atoms with Crippen molar-refractivity contribution in [3.8, 4) is 0 Å². The number of benzene rings is 1. The Hall–Kier alpha value is -3.85. The molecule has 2 N–H and O–H groups in total. The summed E-state index contributed by atoms with van der Waals surface area (Å²) < 4.78 is 0. The minimum atomic E-state index is -1.16. The van der Waals surface area contributed by atoms with Gasteiger partial charge in [0.05, 0.1) is 17.1 Å². The van der Waals surface area contributed by atoms with Crippen molar-refractivity contribution in [3.05, 3.63) is 82.3 Å². The Labute approximate surface area is 208 Å². The lowest BCUT2D eigenvalue weighted by Gasteiger charge is -2.22. The Morgan fingerprint density at radius 3 is 2.66 bits per heavy atom. The van der Waals surface area contributed by atoms with Gasteiger partial charge in [-0.25, -0.2) is 4.99 Å². The maximum Gasteiger partial charge on any atom is 0.272 e. The smallest absolute Gasteiger partial charge is 0.272 e. The number of nitrogens with zero attached hydrogens (tertiary/aromatic N) is 3. The molecule has 0 fully saturated rings. The van der Waals surface area contributed by atoms with Crippen LogP contribution < -0.4 is 15.5 Å². The third kappa shape index (κ3) is 5.81. The molecular weight excluding hydrogens is 462 g/mol. The van der Waals surface area contributed by atoms with Gasteiger partial charge in [-0.1, -0.05) is 30.3 Å². The van der Waals surface area contributed by atoms with Crippen LogP contribution in [0.2, 0.25) is 0 Å². The average Bonchev–Trinajstić information content (AvgIpc) is 3.36. The van der Waals surface area contributed by atoms with E-state index < -0.39 is 18.1 Å². The van der Waals surface area contributed by atoms with Gasteiger partial charge < -0.3 is 15.5 Å². The van der Waals surface area contributed by atoms with Crippen molar-refractivity contribution in [1.82, 2.24) is 15.6 Å². The van der Waals surface area contributed by atoms with E-state index in [1.54, 1.807) is 37.6 Å². The summed E-state index contributed by atoms with van der Waals surface area (Å²) in [5.41, 5.74) is 2.51. The van der Waals surface area contributed by atoms with Gasteiger partial charge in [-0.15, -0.1) is 11.3 Å². The highest BCUT2D eigenvalue weighted by molar-refractivity contribution is 7.09. The zero-order valence-electron chi connectivity index (χ0n) is 19.6. The SMILES string of the molecule is C[C@H](NC(=O)CCCc1cccs1)C(=O)NC1N=C(c2ccccn2)c2ccccc2N(C)C1=O. The number of amides is 3. The molecule has 0 saturated carbocycles. The molecule has 2 atom stereocenters. The normalized spacial score (nSPS) is 16.1. The molecule has 0 radical (unpaired) electrons. The molecule has 0 spiro atoms. The average molecular weight is 490 g/mol. The van der Waals surface area contributed by atoms with E-state index in [1.807, 2.05) is 53.9 Å². The summed E-state index contributed by atoms with van der Waals surface area (Å²) in [4.78, 5) is 50.2. The Bertz CT molecular complexity index is 1230. The molecular formula is C26H27N5O3S. The fourth-order valence-corrected chi connectivity index (χ4v) is 4.59. The molecule has 4 rings (SSSR count). The number of hydrogen-bond acceptors (Lipinski definition) is 6. The Kier molecular flexibility index (Phi) is 7.67. The number of anilines is 1. The fraction of sp³-hybridized carbons (Fsp3) is 0.269. The summed E-state index contributed by atoms with van der Waals surface area (Å²) >= 11 is 1.66. The number of para-hydroxylation sites is 1. The molecule has 1 aliphatic heterocycles. The number of fused-ring (bicyclic) bond motifs is 1. The van der Waals surface area contributed by atoms with Gasteiger partial charge in [-0.05, 0) is 49.4 Å². The molecule has 1 aliphatic rings. The summed E-state index contributed by atoms with van der Waals surface area (Å²) in [6.07, 6.45) is 2.33. The number of carbonyl (C=O) groups is 3. The molecule has 3 aromatic rings. The molecule has 2 aromatic heterocycles. The molecule has 35 heavy (non-hydrogen) atoms. The standard InChI is InChI=1S/C26H27N5O3S/c1-17(28-22(32)14-7-9-18-10-8-16-35-18)25(33)30-24-26(34)31(2)21-13-4-3-11-19(21)23(29-24)20-12-5-6-15-27-20/h3-6,8,10-13,15-17,24H,7,9,14H2,1-2H3,(H,28,32)(H,30,33)/t17-,24?/m0/s1. The number of rotatable bonds is 8. The number of aliphatic imine (C=N–C) groups is 1. The second kappa shape index (κ2) is 11.1. The second-order valence-corrected chi connectivity index (χ2v) is 9.27. The van der Waals surface area contributed by atoms with Crippen molar-refractivity contribution in [2.75, 3.05) is 11.9 Å². The van der Waals surface area contributed by atoms with Gasteiger partial charge in [-0.2, -0.15) is 0 Å². The fourth-order valence-electron chi connectivity index (χ4n) is 3.84. The highest BCUT2D eigenvalue weighted by atomic mass is 32.1. The molecule has 180 valence electrons. The summed E-state index contributed by atoms with van der Waals surface area (Å²) in [6, 6.07) is 16.1. The van der Waals surface area contributed by atoms with E-state index in [2.05, 4.69) is 20.6 Å². The molecule has 3 amide bonds. The van der Waals surface area contributed by atoms with Gasteiger partial charge in [0.1, 0.15) is 6.04 Å². The molecule has 0 bridgehead atoms. The second-order valence-electron chi connectivity index (χ2n) is 8.24. The largest absolute Gasteiger partial charge is 0.345 e. The minimum absolute atomic E-state index is 0.210. The van der Waals surface area contributed by atoms with Crippen LogP contribution in [-0.2, 0) is 20.8 Å². The van der Waals surface area contributed by atoms with Crippen LogP contribution in [0.15, 0.2) is 71.2 Å². The zero-order valence-corrected chi connectivity index (χ0v) is 20.4. The molecule has 0 aliphatic carbocycles. The maximum absolute atomic E-state index is 13.2. The van der Waals surface area contributed by atoms with Crippen molar-refractivity contribution in [3.63, 3.8) is 0 Å². The van der Waals surface area contributed by atoms with Crippen molar-refractivity contribution in [2.24, 2.45) is 4.99 Å². The van der Waals surface area contributed by atoms with Gasteiger partial charge in [0, 0.05) is 30.1 Å². The number of pyridine rings is 1. The number of benzodiazepines with no additional fused rings is 1. The molecule has 3 heterocycles. The third-order valence-corrected chi connectivity index (χ3v) is 6.64. The molecule has 0 saturated heterocycles. The van der Waals surface area contributed by atoms with Gasteiger partial charge in [0.2, 0.25) is 18.0 Å². The lowest BCUT2D eigenvalue weighted by Crippen LogP contribution is -2.52. The first kappa shape index (κ1) is 24.3. The van der Waals surface area contributed by atoms with Crippen molar-refractivity contribution in [1.29, 1.82) is 0 Å². The van der Waals surface area contributed by atoms with E-state index in [0.717, 1.165) is 12.0 Å². The van der Waals surface area contributed by atoms with Crippen molar-refractivity contribution < 1.29 is 14.4 Å². The van der Waals surface area contributed by atoms with Crippen LogP contribution in [0, 0.1) is 0 Å². The van der Waals surface area contributed by atoms with Gasteiger partial charge in [0.25, 0.3) is 5.91 Å². The number of aryl methyl sites for hydroxylation is 1. The number of thiophene rings is 1. The van der Waals surface area contributed by atoms with E-state index in [0.29, 0.717) is 29.9 Å². The number of nitrogens with one attached hydrogen (secondary N) is 2. The number of hydrogen-bond donors (Lipinski definition) is 2. The summed E-state index contributed by atoms with van der Waals surface area (Å²) in [7, 11) is 1.65. The quantitative estimate of drug-likeness (QED) is 0.508. The molecule has 1 aromatic carbocycles. The van der Waals surface area contributed by atoms with Crippen LogP contribution in [0.5, 0.6) is 0 Å². The van der Waals surface area contributed by atoms with Crippen LogP contribution in [0.3, 0.4) is 0 Å². The summed E-state index contributed by atoms with van der Waals surface area (Å²) in [6.45, 7) is 1.59. The Morgan fingerprint density at radius 2 is 1.91 bits per heavy atom. The van der Waals surface area contributed by atoms with E-state index >= 15 is 0 Å². The minimum Gasteiger partial charge on any atom is -0.345 e. The van der Waals surface area contributed by atoms with E-state index in [-0.39, 0.29) is 11.8 Å².